The van der Waals surface area contributed by atoms with Crippen molar-refractivity contribution in [1.29, 1.82) is 0 Å². The molecule has 0 aromatic rings. The van der Waals surface area contributed by atoms with Gasteiger partial charge in [0.05, 0.1) is 0 Å². The molecule has 4 heteroatoms. The second kappa shape index (κ2) is 2.80. The van der Waals surface area contributed by atoms with Crippen LogP contribution in [-0.4, -0.2) is 26.0 Å². The molecular formula is C5H9O4-. The number of carbonyl (C=O) groups excluding carboxylic acids is 1. The van der Waals surface area contributed by atoms with Crippen LogP contribution in [-0.2, 0) is 14.3 Å². The van der Waals surface area contributed by atoms with Crippen molar-refractivity contribution in [3.8, 4) is 0 Å². The molecule has 0 aliphatic carbocycles. The fourth-order valence-corrected chi connectivity index (χ4v) is 0.250. The number of carbonyl (C=O) groups is 1. The number of carboxylic acids is 1. The summed E-state index contributed by atoms with van der Waals surface area (Å²) in [5, 5.41) is 10.1. The summed E-state index contributed by atoms with van der Waals surface area (Å²) in [5.41, 5.74) is 0. The third-order valence-electron chi connectivity index (χ3n) is 1.15. The molecule has 54 valence electrons. The summed E-state index contributed by atoms with van der Waals surface area (Å²) in [4.78, 5) is 10.1. The van der Waals surface area contributed by atoms with E-state index in [9.17, 15) is 9.90 Å². The van der Waals surface area contributed by atoms with Gasteiger partial charge in [0.1, 0.15) is 5.97 Å². The van der Waals surface area contributed by atoms with Crippen molar-refractivity contribution >= 4 is 5.97 Å². The van der Waals surface area contributed by atoms with Crippen molar-refractivity contribution < 1.29 is 19.4 Å². The zero-order valence-corrected chi connectivity index (χ0v) is 5.63. The van der Waals surface area contributed by atoms with Crippen molar-refractivity contribution in [2.75, 3.05) is 14.2 Å². The molecule has 0 unspecified atom stereocenters. The Kier molecular flexibility index (Phi) is 2.61. The summed E-state index contributed by atoms with van der Waals surface area (Å²) >= 11 is 0. The first kappa shape index (κ1) is 8.39. The molecule has 0 heterocycles. The number of methoxy groups -OCH3 is 2. The van der Waals surface area contributed by atoms with E-state index in [0.717, 1.165) is 0 Å². The van der Waals surface area contributed by atoms with Gasteiger partial charge >= 0.3 is 0 Å². The predicted molar refractivity (Wildman–Crippen MR) is 27.4 cm³/mol. The van der Waals surface area contributed by atoms with Gasteiger partial charge < -0.3 is 19.4 Å². The Hall–Kier alpha value is -0.610. The summed E-state index contributed by atoms with van der Waals surface area (Å²) in [6.45, 7) is 1.27. The van der Waals surface area contributed by atoms with Gasteiger partial charge in [-0.3, -0.25) is 0 Å². The smallest absolute Gasteiger partial charge is 0.206 e. The van der Waals surface area contributed by atoms with Gasteiger partial charge in [0.2, 0.25) is 5.79 Å². The van der Waals surface area contributed by atoms with Gasteiger partial charge in [0, 0.05) is 14.2 Å². The van der Waals surface area contributed by atoms with Crippen LogP contribution in [0.5, 0.6) is 0 Å². The fourth-order valence-electron chi connectivity index (χ4n) is 0.250. The lowest BCUT2D eigenvalue weighted by atomic mass is 10.3. The second-order valence-electron chi connectivity index (χ2n) is 1.64. The van der Waals surface area contributed by atoms with Crippen LogP contribution in [0.2, 0.25) is 0 Å². The van der Waals surface area contributed by atoms with Gasteiger partial charge in [-0.1, -0.05) is 0 Å². The Morgan fingerprint density at radius 1 is 1.44 bits per heavy atom. The lowest BCUT2D eigenvalue weighted by Gasteiger charge is -2.26. The molecule has 0 rings (SSSR count). The third kappa shape index (κ3) is 1.65. The van der Waals surface area contributed by atoms with E-state index in [4.69, 9.17) is 0 Å². The van der Waals surface area contributed by atoms with Crippen LogP contribution >= 0.6 is 0 Å². The summed E-state index contributed by atoms with van der Waals surface area (Å²) in [6, 6.07) is 0. The highest BCUT2D eigenvalue weighted by atomic mass is 16.7. The molecular weight excluding hydrogens is 124 g/mol. The molecule has 0 spiro atoms. The molecule has 0 atom stereocenters. The van der Waals surface area contributed by atoms with Gasteiger partial charge in [-0.2, -0.15) is 0 Å². The first-order valence-corrected chi connectivity index (χ1v) is 2.38. The van der Waals surface area contributed by atoms with Gasteiger partial charge in [-0.15, -0.1) is 0 Å². The fraction of sp³-hybridized carbons (Fsp3) is 0.800. The maximum atomic E-state index is 10.1. The van der Waals surface area contributed by atoms with E-state index in [1.54, 1.807) is 0 Å². The second-order valence-corrected chi connectivity index (χ2v) is 1.64. The molecule has 0 aromatic heterocycles. The Labute approximate surface area is 53.4 Å². The number of aliphatic carboxylic acids is 1. The molecule has 0 aromatic carbocycles. The zero-order valence-electron chi connectivity index (χ0n) is 5.63. The quantitative estimate of drug-likeness (QED) is 0.451. The first-order chi connectivity index (χ1) is 4.06. The van der Waals surface area contributed by atoms with Crippen molar-refractivity contribution in [3.63, 3.8) is 0 Å². The highest BCUT2D eigenvalue weighted by Gasteiger charge is 2.23. The monoisotopic (exact) mass is 133 g/mol. The normalized spacial score (nSPS) is 11.4. The van der Waals surface area contributed by atoms with E-state index in [1.165, 1.54) is 21.1 Å². The van der Waals surface area contributed by atoms with Crippen LogP contribution in [0.4, 0.5) is 0 Å². The largest absolute Gasteiger partial charge is 0.544 e. The Balaban J connectivity index is 4.09. The molecule has 0 aliphatic rings. The molecule has 0 aliphatic heterocycles. The van der Waals surface area contributed by atoms with E-state index in [1.807, 2.05) is 0 Å². The Morgan fingerprint density at radius 3 is 1.78 bits per heavy atom. The van der Waals surface area contributed by atoms with E-state index < -0.39 is 11.8 Å². The van der Waals surface area contributed by atoms with E-state index in [0.29, 0.717) is 0 Å². The van der Waals surface area contributed by atoms with Crippen LogP contribution in [0.15, 0.2) is 0 Å². The number of ether oxygens (including phenoxy) is 2. The van der Waals surface area contributed by atoms with Crippen molar-refractivity contribution in [3.05, 3.63) is 0 Å². The number of hydrogen-bond donors (Lipinski definition) is 0. The molecule has 0 saturated heterocycles. The topological polar surface area (TPSA) is 58.6 Å². The van der Waals surface area contributed by atoms with Gasteiger partial charge in [-0.25, -0.2) is 0 Å². The van der Waals surface area contributed by atoms with Crippen molar-refractivity contribution in [2.45, 2.75) is 12.7 Å². The highest BCUT2D eigenvalue weighted by Crippen LogP contribution is 2.06. The first-order valence-electron chi connectivity index (χ1n) is 2.38. The summed E-state index contributed by atoms with van der Waals surface area (Å²) in [6.07, 6.45) is 0. The minimum Gasteiger partial charge on any atom is -0.544 e. The number of hydrogen-bond acceptors (Lipinski definition) is 4. The third-order valence-corrected chi connectivity index (χ3v) is 1.15. The lowest BCUT2D eigenvalue weighted by molar-refractivity contribution is -0.349. The van der Waals surface area contributed by atoms with E-state index in [2.05, 4.69) is 9.47 Å². The molecule has 0 amide bonds. The molecule has 0 bridgehead atoms. The predicted octanol–water partition coefficient (Wildman–Crippen LogP) is -1.25. The molecule has 0 radical (unpaired) electrons. The minimum atomic E-state index is -1.61. The average molecular weight is 133 g/mol. The number of rotatable bonds is 3. The van der Waals surface area contributed by atoms with Crippen molar-refractivity contribution in [2.24, 2.45) is 0 Å². The zero-order chi connectivity index (χ0) is 7.49. The van der Waals surface area contributed by atoms with E-state index in [-0.39, 0.29) is 0 Å². The van der Waals surface area contributed by atoms with Crippen LogP contribution < -0.4 is 5.11 Å². The van der Waals surface area contributed by atoms with Crippen LogP contribution in [0.3, 0.4) is 0 Å². The van der Waals surface area contributed by atoms with Gasteiger partial charge in [0.25, 0.3) is 0 Å². The summed E-state index contributed by atoms with van der Waals surface area (Å²) in [7, 11) is 2.47. The van der Waals surface area contributed by atoms with E-state index >= 15 is 0 Å². The van der Waals surface area contributed by atoms with Crippen LogP contribution in [0.1, 0.15) is 6.92 Å². The molecule has 4 nitrogen and oxygen atoms in total. The maximum Gasteiger partial charge on any atom is 0.206 e. The molecule has 9 heavy (non-hydrogen) atoms. The van der Waals surface area contributed by atoms with Gasteiger partial charge in [-0.05, 0) is 6.92 Å². The molecule has 0 N–H and O–H groups in total. The van der Waals surface area contributed by atoms with Gasteiger partial charge in [0.15, 0.2) is 0 Å². The molecule has 0 fully saturated rings. The summed E-state index contributed by atoms with van der Waals surface area (Å²) in [5.74, 6) is -2.99. The standard InChI is InChI=1S/C5H10O4/c1-5(8-2,9-3)4(6)7/h1-3H3,(H,6,7)/p-1. The number of carboxylic acid groups (broad SMARTS) is 1. The Bertz CT molecular complexity index is 106. The highest BCUT2D eigenvalue weighted by molar-refractivity contribution is 5.72. The SMILES string of the molecule is COC(C)(OC)C(=O)[O-]. The average Bonchev–Trinajstić information content (AvgIpc) is 1.86. The van der Waals surface area contributed by atoms with Crippen molar-refractivity contribution in [1.82, 2.24) is 0 Å². The lowest BCUT2D eigenvalue weighted by Crippen LogP contribution is -2.48. The minimum absolute atomic E-state index is 1.24. The summed E-state index contributed by atoms with van der Waals surface area (Å²) < 4.78 is 8.93. The Morgan fingerprint density at radius 2 is 1.78 bits per heavy atom. The molecule has 0 saturated carbocycles. The van der Waals surface area contributed by atoms with Crippen LogP contribution in [0, 0.1) is 0 Å². The van der Waals surface area contributed by atoms with Crippen LogP contribution in [0.25, 0.3) is 0 Å². The maximum absolute atomic E-state index is 10.1.